The van der Waals surface area contributed by atoms with Crippen LogP contribution in [0.25, 0.3) is 11.3 Å². The summed E-state index contributed by atoms with van der Waals surface area (Å²) in [6, 6.07) is 7.81. The predicted molar refractivity (Wildman–Crippen MR) is 63.9 cm³/mol. The van der Waals surface area contributed by atoms with Gasteiger partial charge in [-0.25, -0.2) is 0 Å². The van der Waals surface area contributed by atoms with Gasteiger partial charge in [0.25, 0.3) is 0 Å². The highest BCUT2D eigenvalue weighted by Gasteiger charge is 2.03. The highest BCUT2D eigenvalue weighted by molar-refractivity contribution is 5.65. The topological polar surface area (TPSA) is 64.1 Å². The van der Waals surface area contributed by atoms with Crippen molar-refractivity contribution in [1.29, 1.82) is 0 Å². The zero-order valence-corrected chi connectivity index (χ0v) is 9.22. The van der Waals surface area contributed by atoms with Crippen molar-refractivity contribution in [3.05, 3.63) is 36.0 Å². The van der Waals surface area contributed by atoms with E-state index in [4.69, 9.17) is 10.8 Å². The van der Waals surface area contributed by atoms with Gasteiger partial charge in [0.2, 0.25) is 0 Å². The lowest BCUT2D eigenvalue weighted by Gasteiger charge is -2.02. The van der Waals surface area contributed by atoms with Crippen molar-refractivity contribution in [3.8, 4) is 11.3 Å². The van der Waals surface area contributed by atoms with E-state index >= 15 is 0 Å². The van der Waals surface area contributed by atoms with Crippen LogP contribution in [-0.4, -0.2) is 21.5 Å². The summed E-state index contributed by atoms with van der Waals surface area (Å²) in [5, 5.41) is 13.1. The molecule has 0 aliphatic rings. The standard InChI is InChI=1S/C12H15N3O/c1-9-2-3-10(8-11(9)13)12-4-5-15(14-12)6-7-16/h2-5,8,16H,6-7,13H2,1H3. The molecule has 2 aromatic rings. The number of rotatable bonds is 3. The molecule has 0 bridgehead atoms. The molecule has 2 rings (SSSR count). The van der Waals surface area contributed by atoms with Crippen molar-refractivity contribution in [3.63, 3.8) is 0 Å². The molecule has 3 N–H and O–H groups in total. The number of nitrogen functional groups attached to an aromatic ring is 1. The lowest BCUT2D eigenvalue weighted by Crippen LogP contribution is -2.02. The van der Waals surface area contributed by atoms with E-state index in [0.29, 0.717) is 6.54 Å². The lowest BCUT2D eigenvalue weighted by molar-refractivity contribution is 0.269. The first-order chi connectivity index (χ1) is 7.70. The van der Waals surface area contributed by atoms with E-state index in [1.165, 1.54) is 0 Å². The third-order valence-electron chi connectivity index (χ3n) is 2.54. The number of benzene rings is 1. The minimum Gasteiger partial charge on any atom is -0.398 e. The third kappa shape index (κ3) is 2.06. The number of nitrogens with two attached hydrogens (primary N) is 1. The fourth-order valence-corrected chi connectivity index (χ4v) is 1.54. The van der Waals surface area contributed by atoms with E-state index in [2.05, 4.69) is 5.10 Å². The second kappa shape index (κ2) is 4.37. The molecule has 1 aromatic heterocycles. The largest absolute Gasteiger partial charge is 0.398 e. The van der Waals surface area contributed by atoms with Crippen molar-refractivity contribution in [2.24, 2.45) is 0 Å². The molecule has 0 saturated carbocycles. The van der Waals surface area contributed by atoms with E-state index in [0.717, 1.165) is 22.5 Å². The highest BCUT2D eigenvalue weighted by Crippen LogP contribution is 2.21. The van der Waals surface area contributed by atoms with Gasteiger partial charge in [0, 0.05) is 17.4 Å². The average molecular weight is 217 g/mol. The van der Waals surface area contributed by atoms with Gasteiger partial charge in [0.05, 0.1) is 18.8 Å². The molecule has 0 amide bonds. The number of aliphatic hydroxyl groups excluding tert-OH is 1. The molecule has 0 fully saturated rings. The first-order valence-electron chi connectivity index (χ1n) is 5.21. The number of hydrogen-bond donors (Lipinski definition) is 2. The molecule has 0 aliphatic heterocycles. The summed E-state index contributed by atoms with van der Waals surface area (Å²) < 4.78 is 1.71. The van der Waals surface area contributed by atoms with E-state index in [1.807, 2.05) is 37.4 Å². The average Bonchev–Trinajstić information content (AvgIpc) is 2.71. The predicted octanol–water partition coefficient (Wildman–Crippen LogP) is 1.43. The summed E-state index contributed by atoms with van der Waals surface area (Å²) in [4.78, 5) is 0. The van der Waals surface area contributed by atoms with E-state index in [9.17, 15) is 0 Å². The molecule has 0 atom stereocenters. The van der Waals surface area contributed by atoms with Gasteiger partial charge in [-0.2, -0.15) is 5.10 Å². The molecule has 0 saturated heterocycles. The van der Waals surface area contributed by atoms with Crippen molar-refractivity contribution in [2.45, 2.75) is 13.5 Å². The molecule has 16 heavy (non-hydrogen) atoms. The van der Waals surface area contributed by atoms with Crippen LogP contribution in [0.3, 0.4) is 0 Å². The van der Waals surface area contributed by atoms with Crippen LogP contribution in [-0.2, 0) is 6.54 Å². The Bertz CT molecular complexity index is 491. The Hall–Kier alpha value is -1.81. The van der Waals surface area contributed by atoms with Crippen molar-refractivity contribution >= 4 is 5.69 Å². The fraction of sp³-hybridized carbons (Fsp3) is 0.250. The summed E-state index contributed by atoms with van der Waals surface area (Å²) in [6.45, 7) is 2.59. The molecule has 4 nitrogen and oxygen atoms in total. The number of aromatic nitrogens is 2. The van der Waals surface area contributed by atoms with Crippen molar-refractivity contribution in [2.75, 3.05) is 12.3 Å². The van der Waals surface area contributed by atoms with Crippen LogP contribution in [0.4, 0.5) is 5.69 Å². The molecule has 0 spiro atoms. The maximum absolute atomic E-state index is 8.80. The second-order valence-electron chi connectivity index (χ2n) is 3.76. The number of hydrogen-bond acceptors (Lipinski definition) is 3. The SMILES string of the molecule is Cc1ccc(-c2ccn(CCO)n2)cc1N. The summed E-state index contributed by atoms with van der Waals surface area (Å²) in [5.74, 6) is 0. The molecule has 0 radical (unpaired) electrons. The zero-order chi connectivity index (χ0) is 11.5. The number of nitrogens with zero attached hydrogens (tertiary/aromatic N) is 2. The molecule has 1 aromatic carbocycles. The Morgan fingerprint density at radius 3 is 2.88 bits per heavy atom. The smallest absolute Gasteiger partial charge is 0.0923 e. The monoisotopic (exact) mass is 217 g/mol. The summed E-state index contributed by atoms with van der Waals surface area (Å²) >= 11 is 0. The molecule has 0 unspecified atom stereocenters. The van der Waals surface area contributed by atoms with E-state index in [1.54, 1.807) is 4.68 Å². The van der Waals surface area contributed by atoms with Gasteiger partial charge >= 0.3 is 0 Å². The Morgan fingerprint density at radius 2 is 2.19 bits per heavy atom. The Labute approximate surface area is 94.3 Å². The summed E-state index contributed by atoms with van der Waals surface area (Å²) in [5.41, 5.74) is 9.56. The van der Waals surface area contributed by atoms with E-state index < -0.39 is 0 Å². The van der Waals surface area contributed by atoms with Crippen LogP contribution < -0.4 is 5.73 Å². The fourth-order valence-electron chi connectivity index (χ4n) is 1.54. The van der Waals surface area contributed by atoms with Crippen molar-refractivity contribution < 1.29 is 5.11 Å². The first kappa shape index (κ1) is 10.7. The second-order valence-corrected chi connectivity index (χ2v) is 3.76. The first-order valence-corrected chi connectivity index (χ1v) is 5.21. The lowest BCUT2D eigenvalue weighted by atomic mass is 10.1. The van der Waals surface area contributed by atoms with Crippen LogP contribution in [0.15, 0.2) is 30.5 Å². The Kier molecular flexibility index (Phi) is 2.92. The van der Waals surface area contributed by atoms with Gasteiger partial charge in [-0.3, -0.25) is 4.68 Å². The normalized spacial score (nSPS) is 10.6. The molecule has 1 heterocycles. The minimum atomic E-state index is 0.0944. The maximum atomic E-state index is 8.80. The number of aliphatic hydroxyl groups is 1. The van der Waals surface area contributed by atoms with Gasteiger partial charge in [-0.05, 0) is 24.6 Å². The summed E-state index contributed by atoms with van der Waals surface area (Å²) in [6.07, 6.45) is 1.85. The number of aryl methyl sites for hydroxylation is 1. The number of anilines is 1. The van der Waals surface area contributed by atoms with Crippen LogP contribution >= 0.6 is 0 Å². The third-order valence-corrected chi connectivity index (χ3v) is 2.54. The minimum absolute atomic E-state index is 0.0944. The quantitative estimate of drug-likeness (QED) is 0.764. The molecule has 0 aliphatic carbocycles. The molecule has 84 valence electrons. The maximum Gasteiger partial charge on any atom is 0.0923 e. The van der Waals surface area contributed by atoms with Crippen LogP contribution in [0, 0.1) is 6.92 Å². The van der Waals surface area contributed by atoms with Gasteiger partial charge in [-0.1, -0.05) is 12.1 Å². The van der Waals surface area contributed by atoms with Crippen LogP contribution in [0.2, 0.25) is 0 Å². The highest BCUT2D eigenvalue weighted by atomic mass is 16.3. The van der Waals surface area contributed by atoms with Crippen molar-refractivity contribution in [1.82, 2.24) is 9.78 Å². The van der Waals surface area contributed by atoms with E-state index in [-0.39, 0.29) is 6.61 Å². The van der Waals surface area contributed by atoms with Crippen LogP contribution in [0.5, 0.6) is 0 Å². The van der Waals surface area contributed by atoms with Crippen LogP contribution in [0.1, 0.15) is 5.56 Å². The molecule has 4 heteroatoms. The van der Waals surface area contributed by atoms with Gasteiger partial charge in [0.15, 0.2) is 0 Å². The van der Waals surface area contributed by atoms with Gasteiger partial charge < -0.3 is 10.8 Å². The van der Waals surface area contributed by atoms with Gasteiger partial charge in [-0.15, -0.1) is 0 Å². The summed E-state index contributed by atoms with van der Waals surface area (Å²) in [7, 11) is 0. The zero-order valence-electron chi connectivity index (χ0n) is 9.22. The van der Waals surface area contributed by atoms with Gasteiger partial charge in [0.1, 0.15) is 0 Å². The Morgan fingerprint density at radius 1 is 1.38 bits per heavy atom. The Balaban J connectivity index is 2.31. The molecular formula is C12H15N3O. The molecular weight excluding hydrogens is 202 g/mol.